The monoisotopic (exact) mass is 293 g/mol. The van der Waals surface area contributed by atoms with E-state index in [4.69, 9.17) is 5.73 Å². The molecular formula is C14H13F2N3O2. The van der Waals surface area contributed by atoms with E-state index in [0.29, 0.717) is 12.6 Å². The summed E-state index contributed by atoms with van der Waals surface area (Å²) < 4.78 is 26.6. The van der Waals surface area contributed by atoms with Gasteiger partial charge in [-0.05, 0) is 11.1 Å². The first kappa shape index (κ1) is 14.9. The Bertz CT molecular complexity index is 660. The zero-order chi connectivity index (χ0) is 15.4. The van der Waals surface area contributed by atoms with E-state index in [-0.39, 0.29) is 12.2 Å². The van der Waals surface area contributed by atoms with Crippen molar-refractivity contribution in [2.45, 2.75) is 13.1 Å². The number of hydrogen-bond donors (Lipinski definition) is 2. The minimum Gasteiger partial charge on any atom is -0.375 e. The highest BCUT2D eigenvalue weighted by Gasteiger charge is 2.21. The lowest BCUT2D eigenvalue weighted by atomic mass is 10.1. The molecule has 0 atom stereocenters. The van der Waals surface area contributed by atoms with E-state index in [1.165, 1.54) is 0 Å². The van der Waals surface area contributed by atoms with Gasteiger partial charge in [-0.3, -0.25) is 10.1 Å². The molecule has 0 bridgehead atoms. The molecule has 0 radical (unpaired) electrons. The normalized spacial score (nSPS) is 10.4. The molecule has 0 spiro atoms. The highest BCUT2D eigenvalue weighted by Crippen LogP contribution is 2.29. The van der Waals surface area contributed by atoms with Crippen molar-refractivity contribution in [2.24, 2.45) is 5.73 Å². The van der Waals surface area contributed by atoms with Gasteiger partial charge in [0.15, 0.2) is 0 Å². The Morgan fingerprint density at radius 1 is 1.14 bits per heavy atom. The Kier molecular flexibility index (Phi) is 4.44. The molecule has 0 fully saturated rings. The molecule has 0 heterocycles. The zero-order valence-corrected chi connectivity index (χ0v) is 11.0. The largest absolute Gasteiger partial charge is 0.375 e. The lowest BCUT2D eigenvalue weighted by molar-refractivity contribution is -0.386. The summed E-state index contributed by atoms with van der Waals surface area (Å²) in [6.45, 7) is 0.614. The fourth-order valence-corrected chi connectivity index (χ4v) is 1.88. The fraction of sp³-hybridized carbons (Fsp3) is 0.143. The summed E-state index contributed by atoms with van der Waals surface area (Å²) >= 11 is 0. The Labute approximate surface area is 119 Å². The standard InChI is InChI=1S/C14H13F2N3O2/c15-11-5-12(16)14(19(20)21)13(6-11)18-8-10-3-1-9(7-17)2-4-10/h1-6,18H,7-8,17H2. The van der Waals surface area contributed by atoms with Crippen molar-refractivity contribution in [3.63, 3.8) is 0 Å². The SMILES string of the molecule is NCc1ccc(CNc2cc(F)cc(F)c2[N+](=O)[O-])cc1. The van der Waals surface area contributed by atoms with Crippen molar-refractivity contribution in [3.05, 3.63) is 69.3 Å². The van der Waals surface area contributed by atoms with E-state index in [0.717, 1.165) is 17.2 Å². The highest BCUT2D eigenvalue weighted by molar-refractivity contribution is 5.62. The van der Waals surface area contributed by atoms with Crippen LogP contribution in [0.4, 0.5) is 20.2 Å². The van der Waals surface area contributed by atoms with Crippen LogP contribution in [-0.2, 0) is 13.1 Å². The summed E-state index contributed by atoms with van der Waals surface area (Å²) in [5, 5.41) is 13.5. The van der Waals surface area contributed by atoms with E-state index in [9.17, 15) is 18.9 Å². The number of hydrogen-bond acceptors (Lipinski definition) is 4. The fourth-order valence-electron chi connectivity index (χ4n) is 1.88. The first-order valence-electron chi connectivity index (χ1n) is 6.16. The average molecular weight is 293 g/mol. The summed E-state index contributed by atoms with van der Waals surface area (Å²) in [7, 11) is 0. The molecule has 0 aromatic heterocycles. The maximum atomic E-state index is 13.5. The van der Waals surface area contributed by atoms with E-state index in [2.05, 4.69) is 5.32 Å². The van der Waals surface area contributed by atoms with E-state index < -0.39 is 22.2 Å². The second-order valence-electron chi connectivity index (χ2n) is 4.42. The summed E-state index contributed by atoms with van der Waals surface area (Å²) in [5.41, 5.74) is 6.27. The van der Waals surface area contributed by atoms with Gasteiger partial charge in [-0.1, -0.05) is 24.3 Å². The van der Waals surface area contributed by atoms with Crippen molar-refractivity contribution < 1.29 is 13.7 Å². The number of anilines is 1. The van der Waals surface area contributed by atoms with Crippen LogP contribution < -0.4 is 11.1 Å². The molecule has 2 aromatic carbocycles. The van der Waals surface area contributed by atoms with Crippen LogP contribution in [0.25, 0.3) is 0 Å². The minimum atomic E-state index is -1.21. The van der Waals surface area contributed by atoms with Gasteiger partial charge >= 0.3 is 5.69 Å². The quantitative estimate of drug-likeness (QED) is 0.656. The number of nitrogens with two attached hydrogens (primary N) is 1. The molecular weight excluding hydrogens is 280 g/mol. The number of nitro groups is 1. The van der Waals surface area contributed by atoms with Crippen molar-refractivity contribution in [3.8, 4) is 0 Å². The molecule has 0 amide bonds. The molecule has 0 aliphatic heterocycles. The van der Waals surface area contributed by atoms with Gasteiger partial charge in [-0.15, -0.1) is 0 Å². The lowest BCUT2D eigenvalue weighted by Gasteiger charge is -2.08. The third-order valence-electron chi connectivity index (χ3n) is 2.95. The molecule has 0 saturated carbocycles. The van der Waals surface area contributed by atoms with Gasteiger partial charge in [0.2, 0.25) is 5.82 Å². The molecule has 2 aromatic rings. The molecule has 0 saturated heterocycles. The van der Waals surface area contributed by atoms with Crippen molar-refractivity contribution in [1.82, 2.24) is 0 Å². The Balaban J connectivity index is 2.20. The zero-order valence-electron chi connectivity index (χ0n) is 11.0. The number of benzene rings is 2. The summed E-state index contributed by atoms with van der Waals surface area (Å²) in [6, 6.07) is 8.59. The molecule has 5 nitrogen and oxygen atoms in total. The van der Waals surface area contributed by atoms with Gasteiger partial charge in [0.1, 0.15) is 11.5 Å². The Morgan fingerprint density at radius 2 is 1.76 bits per heavy atom. The van der Waals surface area contributed by atoms with Gasteiger partial charge in [0.25, 0.3) is 0 Å². The topological polar surface area (TPSA) is 81.2 Å². The number of halogens is 2. The number of nitrogens with one attached hydrogen (secondary N) is 1. The van der Waals surface area contributed by atoms with Gasteiger partial charge in [-0.2, -0.15) is 4.39 Å². The first-order valence-corrected chi connectivity index (χ1v) is 6.16. The van der Waals surface area contributed by atoms with Gasteiger partial charge in [-0.25, -0.2) is 4.39 Å². The van der Waals surface area contributed by atoms with Crippen LogP contribution in [0.2, 0.25) is 0 Å². The molecule has 0 unspecified atom stereocenters. The molecule has 3 N–H and O–H groups in total. The van der Waals surface area contributed by atoms with Crippen molar-refractivity contribution >= 4 is 11.4 Å². The average Bonchev–Trinajstić information content (AvgIpc) is 2.44. The molecule has 2 rings (SSSR count). The van der Waals surface area contributed by atoms with Crippen LogP contribution in [0.15, 0.2) is 36.4 Å². The molecule has 21 heavy (non-hydrogen) atoms. The van der Waals surface area contributed by atoms with E-state index >= 15 is 0 Å². The second-order valence-corrected chi connectivity index (χ2v) is 4.42. The Morgan fingerprint density at radius 3 is 2.33 bits per heavy atom. The maximum absolute atomic E-state index is 13.5. The third kappa shape index (κ3) is 3.51. The lowest BCUT2D eigenvalue weighted by Crippen LogP contribution is -2.05. The number of nitrogens with zero attached hydrogens (tertiary/aromatic N) is 1. The third-order valence-corrected chi connectivity index (χ3v) is 2.95. The molecule has 0 aliphatic rings. The van der Waals surface area contributed by atoms with Crippen LogP contribution in [0.1, 0.15) is 11.1 Å². The van der Waals surface area contributed by atoms with Crippen LogP contribution in [0, 0.1) is 21.7 Å². The first-order chi connectivity index (χ1) is 10.0. The van der Waals surface area contributed by atoms with E-state index in [1.54, 1.807) is 12.1 Å². The molecule has 0 aliphatic carbocycles. The van der Waals surface area contributed by atoms with Crippen molar-refractivity contribution in [1.29, 1.82) is 0 Å². The van der Waals surface area contributed by atoms with E-state index in [1.807, 2.05) is 12.1 Å². The van der Waals surface area contributed by atoms with Crippen LogP contribution in [0.5, 0.6) is 0 Å². The highest BCUT2D eigenvalue weighted by atomic mass is 19.1. The smallest absolute Gasteiger partial charge is 0.327 e. The van der Waals surface area contributed by atoms with Gasteiger partial charge in [0.05, 0.1) is 4.92 Å². The summed E-state index contributed by atoms with van der Waals surface area (Å²) in [5.74, 6) is -2.08. The van der Waals surface area contributed by atoms with Crippen LogP contribution >= 0.6 is 0 Å². The maximum Gasteiger partial charge on any atom is 0.327 e. The summed E-state index contributed by atoms with van der Waals surface area (Å²) in [4.78, 5) is 9.96. The number of rotatable bonds is 5. The van der Waals surface area contributed by atoms with Gasteiger partial charge < -0.3 is 11.1 Å². The predicted molar refractivity (Wildman–Crippen MR) is 74.7 cm³/mol. The molecule has 110 valence electrons. The minimum absolute atomic E-state index is 0.194. The van der Waals surface area contributed by atoms with Gasteiger partial charge in [0, 0.05) is 25.2 Å². The molecule has 7 heteroatoms. The number of nitro benzene ring substituents is 1. The predicted octanol–water partition coefficient (Wildman–Crippen LogP) is 2.94. The van der Waals surface area contributed by atoms with Crippen LogP contribution in [0.3, 0.4) is 0 Å². The van der Waals surface area contributed by atoms with Crippen molar-refractivity contribution in [2.75, 3.05) is 5.32 Å². The second kappa shape index (κ2) is 6.27. The Hall–Kier alpha value is -2.54. The summed E-state index contributed by atoms with van der Waals surface area (Å²) in [6.07, 6.45) is 0. The van der Waals surface area contributed by atoms with Crippen LogP contribution in [-0.4, -0.2) is 4.92 Å².